The van der Waals surface area contributed by atoms with Crippen LogP contribution in [0.1, 0.15) is 50.0 Å². The monoisotopic (exact) mass is 248 g/mol. The highest BCUT2D eigenvalue weighted by atomic mass is 16.6. The third-order valence-corrected chi connectivity index (χ3v) is 3.88. The van der Waals surface area contributed by atoms with Crippen molar-refractivity contribution in [3.8, 4) is 0 Å². The molecule has 2 aliphatic heterocycles. The average molecular weight is 248 g/mol. The van der Waals surface area contributed by atoms with Crippen LogP contribution >= 0.6 is 0 Å². The van der Waals surface area contributed by atoms with Crippen LogP contribution in [0.15, 0.2) is 16.5 Å². The maximum Gasteiger partial charge on any atom is 0.164 e. The summed E-state index contributed by atoms with van der Waals surface area (Å²) in [6, 6.07) is 4.18. The van der Waals surface area contributed by atoms with E-state index in [1.807, 2.05) is 0 Å². The summed E-state index contributed by atoms with van der Waals surface area (Å²) in [5.41, 5.74) is 0. The second kappa shape index (κ2) is 5.27. The normalized spacial score (nSPS) is 29.4. The highest BCUT2D eigenvalue weighted by Gasteiger charge is 2.43. The van der Waals surface area contributed by atoms with E-state index in [0.717, 1.165) is 56.5 Å². The third kappa shape index (κ3) is 2.83. The summed E-state index contributed by atoms with van der Waals surface area (Å²) in [5.74, 6) is 2.48. The van der Waals surface area contributed by atoms with E-state index in [1.165, 1.54) is 0 Å². The summed E-state index contributed by atoms with van der Waals surface area (Å²) in [6.07, 6.45) is 7.96. The second-order valence-corrected chi connectivity index (χ2v) is 5.38. The minimum atomic E-state index is -0.0832. The summed E-state index contributed by atoms with van der Waals surface area (Å²) in [4.78, 5) is 11.8. The number of carbonyl (C=O) groups is 1. The Labute approximate surface area is 108 Å². The molecule has 0 radical (unpaired) electrons. The van der Waals surface area contributed by atoms with E-state index < -0.39 is 0 Å². The van der Waals surface area contributed by atoms with Crippen molar-refractivity contribution in [2.75, 3.05) is 0 Å². The lowest BCUT2D eigenvalue weighted by molar-refractivity contribution is -0.120. The number of Topliss-reactive ketones (excluding diaryl/α,β-unsaturated/α-hetero) is 1. The number of fused-ring (bicyclic) bond motifs is 3. The van der Waals surface area contributed by atoms with Gasteiger partial charge in [0.1, 0.15) is 17.6 Å². The van der Waals surface area contributed by atoms with E-state index in [9.17, 15) is 4.79 Å². The zero-order valence-corrected chi connectivity index (χ0v) is 10.7. The van der Waals surface area contributed by atoms with Gasteiger partial charge < -0.3 is 9.15 Å². The Bertz CT molecular complexity index is 421. The smallest absolute Gasteiger partial charge is 0.164 e. The molecule has 0 amide bonds. The lowest BCUT2D eigenvalue weighted by Gasteiger charge is -2.01. The van der Waals surface area contributed by atoms with Gasteiger partial charge in [0.15, 0.2) is 5.78 Å². The van der Waals surface area contributed by atoms with Crippen molar-refractivity contribution in [3.05, 3.63) is 23.7 Å². The molecule has 0 spiro atoms. The van der Waals surface area contributed by atoms with E-state index in [4.69, 9.17) is 9.15 Å². The number of carbonyl (C=O) groups excluding carboxylic acids is 1. The summed E-state index contributed by atoms with van der Waals surface area (Å²) in [5, 5.41) is 0. The van der Waals surface area contributed by atoms with Crippen LogP contribution in [0.3, 0.4) is 0 Å². The molecule has 3 heterocycles. The van der Waals surface area contributed by atoms with Crippen molar-refractivity contribution in [1.82, 2.24) is 0 Å². The lowest BCUT2D eigenvalue weighted by Crippen LogP contribution is -2.10. The van der Waals surface area contributed by atoms with Crippen LogP contribution in [-0.2, 0) is 22.4 Å². The largest absolute Gasteiger partial charge is 0.466 e. The van der Waals surface area contributed by atoms with E-state index >= 15 is 0 Å². The summed E-state index contributed by atoms with van der Waals surface area (Å²) in [7, 11) is 0. The lowest BCUT2D eigenvalue weighted by atomic mass is 10.0. The maximum atomic E-state index is 11.8. The van der Waals surface area contributed by atoms with Gasteiger partial charge in [-0.05, 0) is 37.8 Å². The topological polar surface area (TPSA) is 42.7 Å². The molecule has 2 atom stereocenters. The standard InChI is InChI=1S/C15H20O3/c16-13-7-3-1-2-5-11-9-10-12(17-11)6-4-8-14-15(13)18-14/h9-10,14-15H,1-8H2. The highest BCUT2D eigenvalue weighted by Crippen LogP contribution is 2.30. The van der Waals surface area contributed by atoms with Crippen molar-refractivity contribution in [3.63, 3.8) is 0 Å². The Balaban J connectivity index is 1.61. The molecule has 2 bridgehead atoms. The highest BCUT2D eigenvalue weighted by molar-refractivity contribution is 5.85. The van der Waals surface area contributed by atoms with Crippen LogP contribution in [0.5, 0.6) is 0 Å². The molecule has 0 saturated carbocycles. The van der Waals surface area contributed by atoms with Gasteiger partial charge in [-0.2, -0.15) is 0 Å². The van der Waals surface area contributed by atoms with Gasteiger partial charge in [-0.1, -0.05) is 6.42 Å². The first-order valence-electron chi connectivity index (χ1n) is 7.09. The summed E-state index contributed by atoms with van der Waals surface area (Å²) in [6.45, 7) is 0. The van der Waals surface area contributed by atoms with E-state index in [2.05, 4.69) is 12.1 Å². The zero-order chi connectivity index (χ0) is 12.4. The quantitative estimate of drug-likeness (QED) is 0.663. The van der Waals surface area contributed by atoms with Crippen LogP contribution in [0.4, 0.5) is 0 Å². The van der Waals surface area contributed by atoms with Crippen molar-refractivity contribution in [2.24, 2.45) is 0 Å². The molecule has 1 aromatic heterocycles. The first kappa shape index (κ1) is 12.0. The minimum absolute atomic E-state index is 0.0832. The van der Waals surface area contributed by atoms with Crippen LogP contribution in [0.2, 0.25) is 0 Å². The molecule has 3 rings (SSSR count). The fourth-order valence-corrected chi connectivity index (χ4v) is 2.73. The van der Waals surface area contributed by atoms with Crippen LogP contribution < -0.4 is 0 Å². The number of epoxide rings is 1. The second-order valence-electron chi connectivity index (χ2n) is 5.38. The zero-order valence-electron chi connectivity index (χ0n) is 10.7. The SMILES string of the molecule is O=C1CCCCCc2ccc(o2)CCCC2OC12. The molecule has 0 N–H and O–H groups in total. The molecule has 1 fully saturated rings. The average Bonchev–Trinajstić information content (AvgIpc) is 3.00. The van der Waals surface area contributed by atoms with E-state index in [-0.39, 0.29) is 12.2 Å². The van der Waals surface area contributed by atoms with Gasteiger partial charge in [0, 0.05) is 19.3 Å². The predicted molar refractivity (Wildman–Crippen MR) is 67.5 cm³/mol. The number of aryl methyl sites for hydroxylation is 2. The minimum Gasteiger partial charge on any atom is -0.466 e. The summed E-state index contributed by atoms with van der Waals surface area (Å²) >= 11 is 0. The first-order valence-corrected chi connectivity index (χ1v) is 7.09. The molecule has 98 valence electrons. The number of ketones is 1. The Morgan fingerprint density at radius 1 is 0.944 bits per heavy atom. The molecular formula is C15H20O3. The molecule has 0 aromatic carbocycles. The Hall–Kier alpha value is -1.09. The van der Waals surface area contributed by atoms with Gasteiger partial charge in [0.25, 0.3) is 0 Å². The van der Waals surface area contributed by atoms with Crippen LogP contribution in [0, 0.1) is 0 Å². The van der Waals surface area contributed by atoms with Crippen LogP contribution in [0.25, 0.3) is 0 Å². The van der Waals surface area contributed by atoms with Crippen molar-refractivity contribution in [2.45, 2.75) is 63.6 Å². The number of hydrogen-bond donors (Lipinski definition) is 0. The Kier molecular flexibility index (Phi) is 3.50. The number of furan rings is 1. The fourth-order valence-electron chi connectivity index (χ4n) is 2.73. The molecule has 2 aliphatic rings. The van der Waals surface area contributed by atoms with Gasteiger partial charge in [-0.3, -0.25) is 4.79 Å². The van der Waals surface area contributed by atoms with Gasteiger partial charge >= 0.3 is 0 Å². The molecule has 3 nitrogen and oxygen atoms in total. The molecule has 2 unspecified atom stereocenters. The fraction of sp³-hybridized carbons (Fsp3) is 0.667. The van der Waals surface area contributed by atoms with Crippen molar-refractivity contribution < 1.29 is 13.9 Å². The molecule has 1 saturated heterocycles. The Morgan fingerprint density at radius 2 is 1.67 bits per heavy atom. The maximum absolute atomic E-state index is 11.8. The van der Waals surface area contributed by atoms with Gasteiger partial charge in [0.05, 0.1) is 6.10 Å². The predicted octanol–water partition coefficient (Wildman–Crippen LogP) is 3.06. The number of hydrogen-bond acceptors (Lipinski definition) is 3. The molecular weight excluding hydrogens is 228 g/mol. The van der Waals surface area contributed by atoms with E-state index in [0.29, 0.717) is 12.2 Å². The molecule has 0 aliphatic carbocycles. The third-order valence-electron chi connectivity index (χ3n) is 3.88. The molecule has 3 heteroatoms. The van der Waals surface area contributed by atoms with Crippen molar-refractivity contribution >= 4 is 5.78 Å². The van der Waals surface area contributed by atoms with Crippen LogP contribution in [-0.4, -0.2) is 18.0 Å². The van der Waals surface area contributed by atoms with E-state index in [1.54, 1.807) is 0 Å². The first-order chi connectivity index (χ1) is 8.83. The van der Waals surface area contributed by atoms with Gasteiger partial charge in [-0.25, -0.2) is 0 Å². The number of rotatable bonds is 0. The Morgan fingerprint density at radius 3 is 2.50 bits per heavy atom. The molecule has 18 heavy (non-hydrogen) atoms. The van der Waals surface area contributed by atoms with Crippen molar-refractivity contribution in [1.29, 1.82) is 0 Å². The van der Waals surface area contributed by atoms with Gasteiger partial charge in [-0.15, -0.1) is 0 Å². The van der Waals surface area contributed by atoms with Gasteiger partial charge in [0.2, 0.25) is 0 Å². The summed E-state index contributed by atoms with van der Waals surface area (Å²) < 4.78 is 11.3. The number of ether oxygens (including phenoxy) is 1. The molecule has 1 aromatic rings.